The van der Waals surface area contributed by atoms with Crippen LogP contribution in [-0.2, 0) is 0 Å². The van der Waals surface area contributed by atoms with Gasteiger partial charge >= 0.3 is 0 Å². The molecule has 2 fully saturated rings. The lowest BCUT2D eigenvalue weighted by molar-refractivity contribution is 0.0240. The smallest absolute Gasteiger partial charge is 0.128 e. The number of nitrogens with zero attached hydrogens (tertiary/aromatic N) is 1. The fourth-order valence-electron chi connectivity index (χ4n) is 2.44. The number of hydrogen-bond donors (Lipinski definition) is 2. The van der Waals surface area contributed by atoms with Gasteiger partial charge in [0.25, 0.3) is 0 Å². The first-order valence-electron chi connectivity index (χ1n) is 5.54. The molecule has 82 valence electrons. The molecule has 2 aliphatic heterocycles. The first kappa shape index (κ1) is 10.3. The van der Waals surface area contributed by atoms with Crippen molar-refractivity contribution in [2.45, 2.75) is 37.6 Å². The zero-order valence-electron chi connectivity index (χ0n) is 8.45. The molecule has 0 aromatic heterocycles. The highest BCUT2D eigenvalue weighted by Gasteiger charge is 2.31. The highest BCUT2D eigenvalue weighted by molar-refractivity contribution is 4.87. The van der Waals surface area contributed by atoms with Crippen molar-refractivity contribution in [2.75, 3.05) is 26.2 Å². The van der Waals surface area contributed by atoms with Crippen LogP contribution in [0.15, 0.2) is 0 Å². The Morgan fingerprint density at radius 3 is 2.57 bits per heavy atom. The molecule has 2 N–H and O–H groups in total. The maximum Gasteiger partial charge on any atom is 0.128 e. The van der Waals surface area contributed by atoms with Crippen LogP contribution in [0.2, 0.25) is 0 Å². The van der Waals surface area contributed by atoms with E-state index in [1.807, 2.05) is 0 Å². The molecule has 0 aliphatic carbocycles. The molecule has 0 saturated carbocycles. The summed E-state index contributed by atoms with van der Waals surface area (Å²) in [4.78, 5) is 2.21. The molecule has 0 aromatic carbocycles. The van der Waals surface area contributed by atoms with Gasteiger partial charge in [0, 0.05) is 25.7 Å². The van der Waals surface area contributed by atoms with E-state index in [2.05, 4.69) is 10.2 Å². The standard InChI is InChI=1S/C10H19FN2O/c11-9-7-12-4-1-10(9)13-5-2-8(14)3-6-13/h8-10,12,14H,1-7H2. The Morgan fingerprint density at radius 2 is 1.93 bits per heavy atom. The minimum Gasteiger partial charge on any atom is -0.393 e. The number of nitrogens with one attached hydrogen (secondary N) is 1. The summed E-state index contributed by atoms with van der Waals surface area (Å²) in [5.74, 6) is 0. The number of likely N-dealkylation sites (tertiary alicyclic amines) is 1. The van der Waals surface area contributed by atoms with Crippen LogP contribution in [0.3, 0.4) is 0 Å². The van der Waals surface area contributed by atoms with E-state index in [0.29, 0.717) is 6.54 Å². The Morgan fingerprint density at radius 1 is 1.21 bits per heavy atom. The minimum absolute atomic E-state index is 0.0868. The molecule has 2 aliphatic rings. The van der Waals surface area contributed by atoms with Crippen molar-refractivity contribution in [1.29, 1.82) is 0 Å². The first-order valence-corrected chi connectivity index (χ1v) is 5.54. The molecule has 3 nitrogen and oxygen atoms in total. The van der Waals surface area contributed by atoms with E-state index in [1.54, 1.807) is 0 Å². The first-order chi connectivity index (χ1) is 6.77. The monoisotopic (exact) mass is 202 g/mol. The quantitative estimate of drug-likeness (QED) is 0.635. The second kappa shape index (κ2) is 4.55. The number of alkyl halides is 1. The molecule has 14 heavy (non-hydrogen) atoms. The van der Waals surface area contributed by atoms with Crippen molar-refractivity contribution in [3.05, 3.63) is 0 Å². The lowest BCUT2D eigenvalue weighted by atomic mass is 9.99. The van der Waals surface area contributed by atoms with Crippen LogP contribution in [0.25, 0.3) is 0 Å². The summed E-state index contributed by atoms with van der Waals surface area (Å²) in [6.07, 6.45) is 1.61. The molecule has 0 aromatic rings. The van der Waals surface area contributed by atoms with Gasteiger partial charge in [0.15, 0.2) is 0 Å². The Bertz CT molecular complexity index is 183. The maximum absolute atomic E-state index is 13.6. The predicted molar refractivity (Wildman–Crippen MR) is 53.0 cm³/mol. The topological polar surface area (TPSA) is 35.5 Å². The van der Waals surface area contributed by atoms with Crippen LogP contribution in [0.5, 0.6) is 0 Å². The second-order valence-corrected chi connectivity index (χ2v) is 4.34. The number of aliphatic hydroxyl groups is 1. The fourth-order valence-corrected chi connectivity index (χ4v) is 2.44. The van der Waals surface area contributed by atoms with E-state index >= 15 is 0 Å². The zero-order valence-corrected chi connectivity index (χ0v) is 8.45. The Balaban J connectivity index is 1.87. The predicted octanol–water partition coefficient (Wildman–Crippen LogP) is 0.143. The van der Waals surface area contributed by atoms with E-state index in [9.17, 15) is 9.50 Å². The molecular formula is C10H19FN2O. The number of hydrogen-bond acceptors (Lipinski definition) is 3. The third kappa shape index (κ3) is 2.24. The number of piperidine rings is 2. The van der Waals surface area contributed by atoms with Crippen molar-refractivity contribution >= 4 is 0 Å². The fraction of sp³-hybridized carbons (Fsp3) is 1.00. The van der Waals surface area contributed by atoms with Gasteiger partial charge in [0.2, 0.25) is 0 Å². The lowest BCUT2D eigenvalue weighted by Gasteiger charge is -2.39. The summed E-state index contributed by atoms with van der Waals surface area (Å²) < 4.78 is 13.6. The highest BCUT2D eigenvalue weighted by Crippen LogP contribution is 2.20. The summed E-state index contributed by atoms with van der Waals surface area (Å²) in [7, 11) is 0. The summed E-state index contributed by atoms with van der Waals surface area (Å²) in [6, 6.07) is 0.0868. The second-order valence-electron chi connectivity index (χ2n) is 4.34. The molecule has 4 heteroatoms. The highest BCUT2D eigenvalue weighted by atomic mass is 19.1. The SMILES string of the molecule is OC1CCN(C2CCNCC2F)CC1. The summed E-state index contributed by atoms with van der Waals surface area (Å²) in [6.45, 7) is 3.12. The molecule has 0 amide bonds. The van der Waals surface area contributed by atoms with Crippen molar-refractivity contribution in [1.82, 2.24) is 10.2 Å². The van der Waals surface area contributed by atoms with Crippen LogP contribution in [0.4, 0.5) is 4.39 Å². The molecule has 2 rings (SSSR count). The third-order valence-electron chi connectivity index (χ3n) is 3.34. The molecule has 2 atom stereocenters. The van der Waals surface area contributed by atoms with E-state index in [-0.39, 0.29) is 12.1 Å². The van der Waals surface area contributed by atoms with Gasteiger partial charge in [-0.3, -0.25) is 4.90 Å². The molecule has 2 heterocycles. The molecule has 2 saturated heterocycles. The van der Waals surface area contributed by atoms with Gasteiger partial charge in [-0.25, -0.2) is 4.39 Å². The number of rotatable bonds is 1. The normalized spacial score (nSPS) is 37.3. The largest absolute Gasteiger partial charge is 0.393 e. The molecular weight excluding hydrogens is 183 g/mol. The summed E-state index contributed by atoms with van der Waals surface area (Å²) in [5, 5.41) is 12.4. The van der Waals surface area contributed by atoms with Gasteiger partial charge in [0.05, 0.1) is 6.10 Å². The van der Waals surface area contributed by atoms with Gasteiger partial charge in [-0.2, -0.15) is 0 Å². The lowest BCUT2D eigenvalue weighted by Crippen LogP contribution is -2.53. The Kier molecular flexibility index (Phi) is 3.36. The number of halogens is 1. The molecule has 0 radical (unpaired) electrons. The Labute approximate surface area is 84.3 Å². The average molecular weight is 202 g/mol. The van der Waals surface area contributed by atoms with Gasteiger partial charge in [-0.1, -0.05) is 0 Å². The van der Waals surface area contributed by atoms with Crippen LogP contribution < -0.4 is 5.32 Å². The van der Waals surface area contributed by atoms with Crippen LogP contribution in [0, 0.1) is 0 Å². The van der Waals surface area contributed by atoms with Gasteiger partial charge in [-0.15, -0.1) is 0 Å². The van der Waals surface area contributed by atoms with Gasteiger partial charge < -0.3 is 10.4 Å². The maximum atomic E-state index is 13.6. The van der Waals surface area contributed by atoms with Crippen molar-refractivity contribution in [2.24, 2.45) is 0 Å². The van der Waals surface area contributed by atoms with E-state index in [4.69, 9.17) is 0 Å². The molecule has 0 spiro atoms. The van der Waals surface area contributed by atoms with Gasteiger partial charge in [0.1, 0.15) is 6.17 Å². The van der Waals surface area contributed by atoms with Crippen LogP contribution in [-0.4, -0.2) is 54.5 Å². The minimum atomic E-state index is -0.737. The van der Waals surface area contributed by atoms with E-state index in [1.165, 1.54) is 0 Å². The van der Waals surface area contributed by atoms with Crippen LogP contribution >= 0.6 is 0 Å². The molecule has 2 unspecified atom stereocenters. The third-order valence-corrected chi connectivity index (χ3v) is 3.34. The summed E-state index contributed by atoms with van der Waals surface area (Å²) in [5.41, 5.74) is 0. The van der Waals surface area contributed by atoms with E-state index in [0.717, 1.165) is 38.9 Å². The van der Waals surface area contributed by atoms with Gasteiger partial charge in [-0.05, 0) is 25.8 Å². The molecule has 0 bridgehead atoms. The van der Waals surface area contributed by atoms with Crippen LogP contribution in [0.1, 0.15) is 19.3 Å². The number of aliphatic hydroxyl groups excluding tert-OH is 1. The zero-order chi connectivity index (χ0) is 9.97. The van der Waals surface area contributed by atoms with Crippen molar-refractivity contribution in [3.63, 3.8) is 0 Å². The average Bonchev–Trinajstić information content (AvgIpc) is 2.20. The Hall–Kier alpha value is -0.190. The summed E-state index contributed by atoms with van der Waals surface area (Å²) >= 11 is 0. The van der Waals surface area contributed by atoms with Crippen molar-refractivity contribution in [3.8, 4) is 0 Å². The van der Waals surface area contributed by atoms with E-state index < -0.39 is 6.17 Å². The van der Waals surface area contributed by atoms with Crippen molar-refractivity contribution < 1.29 is 9.50 Å².